The Kier molecular flexibility index (Phi) is 3.14. The number of aromatic nitrogens is 3. The maximum absolute atomic E-state index is 5.18. The Bertz CT molecular complexity index is 2060. The Labute approximate surface area is 201 Å². The second-order valence-corrected chi connectivity index (χ2v) is 9.80. The van der Waals surface area contributed by atoms with Crippen LogP contribution in [-0.2, 0) is 12.8 Å². The third-order valence-corrected chi connectivity index (χ3v) is 8.18. The van der Waals surface area contributed by atoms with Crippen molar-refractivity contribution in [3.8, 4) is 22.3 Å². The van der Waals surface area contributed by atoms with E-state index < -0.39 is 0 Å². The molecule has 0 aliphatic heterocycles. The first-order chi connectivity index (χ1) is 17.4. The lowest BCUT2D eigenvalue weighted by atomic mass is 9.96. The Morgan fingerprint density at radius 3 is 2.34 bits per heavy atom. The van der Waals surface area contributed by atoms with Crippen LogP contribution in [-0.4, -0.2) is 14.4 Å². The molecule has 0 fully saturated rings. The van der Waals surface area contributed by atoms with Gasteiger partial charge in [0.05, 0.1) is 16.6 Å². The minimum absolute atomic E-state index is 0.948. The highest BCUT2D eigenvalue weighted by Crippen LogP contribution is 2.49. The summed E-state index contributed by atoms with van der Waals surface area (Å²) in [4.78, 5) is 9.68. The molecule has 3 heterocycles. The molecule has 0 spiro atoms. The van der Waals surface area contributed by atoms with Crippen LogP contribution in [0.15, 0.2) is 91.3 Å². The largest absolute Gasteiger partial charge is 0.292 e. The Balaban J connectivity index is 1.41. The van der Waals surface area contributed by atoms with Crippen molar-refractivity contribution in [2.45, 2.75) is 12.8 Å². The van der Waals surface area contributed by atoms with Crippen LogP contribution in [0.3, 0.4) is 0 Å². The molecule has 0 radical (unpaired) electrons. The molecule has 0 bridgehead atoms. The lowest BCUT2D eigenvalue weighted by Gasteiger charge is -2.12. The predicted molar refractivity (Wildman–Crippen MR) is 142 cm³/mol. The van der Waals surface area contributed by atoms with Crippen molar-refractivity contribution >= 4 is 38.4 Å². The second-order valence-electron chi connectivity index (χ2n) is 9.80. The Morgan fingerprint density at radius 2 is 1.37 bits per heavy atom. The van der Waals surface area contributed by atoms with E-state index in [1.54, 1.807) is 0 Å². The van der Waals surface area contributed by atoms with Gasteiger partial charge in [-0.15, -0.1) is 0 Å². The fraction of sp³-hybridized carbons (Fsp3) is 0.0625. The molecule has 0 atom stereocenters. The van der Waals surface area contributed by atoms with Gasteiger partial charge in [-0.1, -0.05) is 60.7 Å². The normalized spacial score (nSPS) is 13.5. The molecule has 35 heavy (non-hydrogen) atoms. The lowest BCUT2D eigenvalue weighted by Crippen LogP contribution is -1.95. The molecule has 0 saturated carbocycles. The Hall–Kier alpha value is -4.50. The molecule has 0 unspecified atom stereocenters. The van der Waals surface area contributed by atoms with E-state index in [0.29, 0.717) is 0 Å². The highest BCUT2D eigenvalue weighted by atomic mass is 15.0. The van der Waals surface area contributed by atoms with Crippen molar-refractivity contribution in [2.75, 3.05) is 0 Å². The van der Waals surface area contributed by atoms with Crippen molar-refractivity contribution in [3.63, 3.8) is 0 Å². The number of hydrogen-bond donors (Lipinski definition) is 0. The lowest BCUT2D eigenvalue weighted by molar-refractivity contribution is 1.17. The van der Waals surface area contributed by atoms with Crippen LogP contribution >= 0.6 is 0 Å². The molecular weight excluding hydrogens is 426 g/mol. The first kappa shape index (κ1) is 17.9. The second kappa shape index (κ2) is 6.13. The summed E-state index contributed by atoms with van der Waals surface area (Å²) in [5.74, 6) is 0. The van der Waals surface area contributed by atoms with E-state index in [0.717, 1.165) is 35.0 Å². The summed E-state index contributed by atoms with van der Waals surface area (Å²) in [5.41, 5.74) is 15.7. The molecule has 0 saturated heterocycles. The number of hydrogen-bond acceptors (Lipinski definition) is 2. The zero-order chi connectivity index (χ0) is 22.7. The van der Waals surface area contributed by atoms with Crippen molar-refractivity contribution in [3.05, 3.63) is 114 Å². The van der Waals surface area contributed by atoms with Crippen LogP contribution in [0, 0.1) is 0 Å². The van der Waals surface area contributed by atoms with Crippen LogP contribution in [0.1, 0.15) is 22.3 Å². The quantitative estimate of drug-likeness (QED) is 0.229. The molecule has 3 aromatic heterocycles. The van der Waals surface area contributed by atoms with E-state index in [-0.39, 0.29) is 0 Å². The SMILES string of the molecule is c1ccc2c(c1)Cc1c-2ccc2c1Cc1c-2ccc2c3cnccc3n3c4ccccc4nc3c12. The van der Waals surface area contributed by atoms with Gasteiger partial charge in [0.1, 0.15) is 5.65 Å². The van der Waals surface area contributed by atoms with Gasteiger partial charge in [0, 0.05) is 23.2 Å². The number of nitrogens with zero attached hydrogens (tertiary/aromatic N) is 3. The minimum atomic E-state index is 0.948. The molecule has 0 N–H and O–H groups in total. The number of pyridine rings is 2. The fourth-order valence-electron chi connectivity index (χ4n) is 6.70. The molecular formula is C32H19N3. The number of benzene rings is 4. The van der Waals surface area contributed by atoms with Gasteiger partial charge in [-0.25, -0.2) is 4.98 Å². The van der Waals surface area contributed by atoms with Gasteiger partial charge in [-0.3, -0.25) is 9.38 Å². The van der Waals surface area contributed by atoms with Gasteiger partial charge in [0.25, 0.3) is 0 Å². The van der Waals surface area contributed by atoms with Crippen molar-refractivity contribution in [2.24, 2.45) is 0 Å². The van der Waals surface area contributed by atoms with E-state index in [1.807, 2.05) is 12.4 Å². The molecule has 3 nitrogen and oxygen atoms in total. The van der Waals surface area contributed by atoms with E-state index >= 15 is 0 Å². The zero-order valence-electron chi connectivity index (χ0n) is 18.9. The summed E-state index contributed by atoms with van der Waals surface area (Å²) in [7, 11) is 0. The number of imidazole rings is 1. The summed E-state index contributed by atoms with van der Waals surface area (Å²) < 4.78 is 2.33. The van der Waals surface area contributed by atoms with Crippen LogP contribution in [0.25, 0.3) is 60.6 Å². The molecule has 9 rings (SSSR count). The van der Waals surface area contributed by atoms with Gasteiger partial charge >= 0.3 is 0 Å². The maximum Gasteiger partial charge on any atom is 0.146 e. The number of para-hydroxylation sites is 2. The molecule has 162 valence electrons. The summed E-state index contributed by atoms with van der Waals surface area (Å²) >= 11 is 0. The van der Waals surface area contributed by atoms with E-state index in [9.17, 15) is 0 Å². The maximum atomic E-state index is 5.18. The van der Waals surface area contributed by atoms with Gasteiger partial charge in [0.15, 0.2) is 0 Å². The average molecular weight is 446 g/mol. The molecule has 2 aliphatic carbocycles. The summed E-state index contributed by atoms with van der Waals surface area (Å²) in [6, 6.07) is 28.7. The minimum Gasteiger partial charge on any atom is -0.292 e. The van der Waals surface area contributed by atoms with Gasteiger partial charge < -0.3 is 0 Å². The smallest absolute Gasteiger partial charge is 0.146 e. The first-order valence-electron chi connectivity index (χ1n) is 12.2. The molecule has 0 amide bonds. The Morgan fingerprint density at radius 1 is 0.600 bits per heavy atom. The third kappa shape index (κ3) is 2.12. The average Bonchev–Trinajstić information content (AvgIpc) is 3.59. The van der Waals surface area contributed by atoms with Crippen LogP contribution in [0.4, 0.5) is 0 Å². The molecule has 4 aromatic carbocycles. The molecule has 2 aliphatic rings. The van der Waals surface area contributed by atoms with E-state index in [2.05, 4.69) is 88.2 Å². The first-order valence-corrected chi connectivity index (χ1v) is 12.2. The number of rotatable bonds is 0. The van der Waals surface area contributed by atoms with Gasteiger partial charge in [-0.2, -0.15) is 0 Å². The summed E-state index contributed by atoms with van der Waals surface area (Å²) in [6.45, 7) is 0. The number of fused-ring (bicyclic) bond motifs is 16. The van der Waals surface area contributed by atoms with Crippen molar-refractivity contribution < 1.29 is 0 Å². The third-order valence-electron chi connectivity index (χ3n) is 8.18. The van der Waals surface area contributed by atoms with Crippen LogP contribution in [0.5, 0.6) is 0 Å². The summed E-state index contributed by atoms with van der Waals surface area (Å²) in [5, 5.41) is 3.68. The fourth-order valence-corrected chi connectivity index (χ4v) is 6.70. The topological polar surface area (TPSA) is 30.2 Å². The highest BCUT2D eigenvalue weighted by Gasteiger charge is 2.30. The molecule has 3 heteroatoms. The van der Waals surface area contributed by atoms with Gasteiger partial charge in [-0.05, 0) is 80.9 Å². The van der Waals surface area contributed by atoms with E-state index in [1.165, 1.54) is 60.7 Å². The monoisotopic (exact) mass is 445 g/mol. The standard InChI is InChI=1S/C32H19N3/c1-2-6-19-18(5-1)15-24-20(19)9-10-21-22-11-12-23-27-17-33-14-13-29(27)35-30-8-4-3-7-28(30)34-32(35)31(23)26(22)16-25(21)24/h1-14,17H,15-16H2. The van der Waals surface area contributed by atoms with Gasteiger partial charge in [0.2, 0.25) is 0 Å². The van der Waals surface area contributed by atoms with Crippen molar-refractivity contribution in [1.82, 2.24) is 14.4 Å². The van der Waals surface area contributed by atoms with Crippen molar-refractivity contribution in [1.29, 1.82) is 0 Å². The predicted octanol–water partition coefficient (Wildman–Crippen LogP) is 7.33. The van der Waals surface area contributed by atoms with Crippen LogP contribution < -0.4 is 0 Å². The molecule has 7 aromatic rings. The van der Waals surface area contributed by atoms with E-state index in [4.69, 9.17) is 4.98 Å². The zero-order valence-corrected chi connectivity index (χ0v) is 18.9. The highest BCUT2D eigenvalue weighted by molar-refractivity contribution is 6.16. The summed E-state index contributed by atoms with van der Waals surface area (Å²) in [6.07, 6.45) is 5.86. The van der Waals surface area contributed by atoms with Crippen LogP contribution in [0.2, 0.25) is 0 Å².